The summed E-state index contributed by atoms with van der Waals surface area (Å²) in [6.07, 6.45) is 5.80. The summed E-state index contributed by atoms with van der Waals surface area (Å²) in [4.78, 5) is 14.1. The molecule has 0 radical (unpaired) electrons. The van der Waals surface area contributed by atoms with Crippen LogP contribution in [0.4, 0.5) is 0 Å². The first-order valence-electron chi connectivity index (χ1n) is 7.80. The number of rotatable bonds is 2. The fourth-order valence-electron chi connectivity index (χ4n) is 4.48. The third kappa shape index (κ3) is 3.13. The van der Waals surface area contributed by atoms with Crippen LogP contribution in [0.2, 0.25) is 0 Å². The summed E-state index contributed by atoms with van der Waals surface area (Å²) in [5.74, 6) is 0.831. The van der Waals surface area contributed by atoms with Gasteiger partial charge in [0.25, 0.3) is 0 Å². The Balaban J connectivity index is 2.18. The number of hydrogen-bond acceptors (Lipinski definition) is 2. The van der Waals surface area contributed by atoms with Crippen LogP contribution < -0.4 is 0 Å². The molecule has 0 aromatic heterocycles. The van der Waals surface area contributed by atoms with Gasteiger partial charge >= 0.3 is 5.97 Å². The van der Waals surface area contributed by atoms with Gasteiger partial charge in [-0.2, -0.15) is 0 Å². The highest BCUT2D eigenvalue weighted by atomic mass is 16.4. The van der Waals surface area contributed by atoms with E-state index in [4.69, 9.17) is 0 Å². The Morgan fingerprint density at radius 3 is 2.26 bits per heavy atom. The maximum absolute atomic E-state index is 11.7. The van der Waals surface area contributed by atoms with Crippen LogP contribution in [-0.2, 0) is 4.79 Å². The normalized spacial score (nSPS) is 40.0. The topological polar surface area (TPSA) is 40.5 Å². The van der Waals surface area contributed by atoms with Crippen LogP contribution in [0.15, 0.2) is 0 Å². The molecule has 0 spiro atoms. The number of nitrogens with zero attached hydrogens (tertiary/aromatic N) is 1. The van der Waals surface area contributed by atoms with Gasteiger partial charge in [0.05, 0.1) is 0 Å². The largest absolute Gasteiger partial charge is 0.480 e. The zero-order valence-electron chi connectivity index (χ0n) is 12.9. The fourth-order valence-corrected chi connectivity index (χ4v) is 4.48. The summed E-state index contributed by atoms with van der Waals surface area (Å²) in [6.45, 7) is 9.83. The highest BCUT2D eigenvalue weighted by Crippen LogP contribution is 2.40. The van der Waals surface area contributed by atoms with Crippen molar-refractivity contribution in [1.82, 2.24) is 4.90 Å². The number of piperidine rings is 1. The van der Waals surface area contributed by atoms with Gasteiger partial charge in [0.1, 0.15) is 6.04 Å². The van der Waals surface area contributed by atoms with E-state index in [0.29, 0.717) is 6.04 Å². The van der Waals surface area contributed by atoms with Crippen molar-refractivity contribution >= 4 is 5.97 Å². The molecule has 2 fully saturated rings. The lowest BCUT2D eigenvalue weighted by molar-refractivity contribution is -0.153. The van der Waals surface area contributed by atoms with E-state index in [9.17, 15) is 9.90 Å². The minimum atomic E-state index is -0.629. The van der Waals surface area contributed by atoms with Crippen LogP contribution in [0.25, 0.3) is 0 Å². The standard InChI is InChI=1S/C16H29NO2/c1-11-8-12(2)10-13(9-11)17-7-5-6-16(3,4)14(17)15(18)19/h11-14H,5-10H2,1-4H3,(H,18,19). The van der Waals surface area contributed by atoms with Crippen LogP contribution in [0.1, 0.15) is 59.8 Å². The van der Waals surface area contributed by atoms with Gasteiger partial charge < -0.3 is 5.11 Å². The molecule has 0 aromatic carbocycles. The third-order valence-corrected chi connectivity index (χ3v) is 5.17. The molecular formula is C16H29NO2. The summed E-state index contributed by atoms with van der Waals surface area (Å²) >= 11 is 0. The molecule has 1 saturated heterocycles. The number of likely N-dealkylation sites (tertiary alicyclic amines) is 1. The zero-order valence-corrected chi connectivity index (χ0v) is 12.9. The van der Waals surface area contributed by atoms with E-state index in [0.717, 1.165) is 31.2 Å². The molecule has 0 bridgehead atoms. The van der Waals surface area contributed by atoms with Crippen molar-refractivity contribution in [2.24, 2.45) is 17.3 Å². The molecule has 1 saturated carbocycles. The average Bonchev–Trinajstić information content (AvgIpc) is 2.25. The smallest absolute Gasteiger partial charge is 0.321 e. The molecule has 2 rings (SSSR count). The van der Waals surface area contributed by atoms with Crippen LogP contribution in [0.3, 0.4) is 0 Å². The number of carbonyl (C=O) groups is 1. The molecule has 1 heterocycles. The van der Waals surface area contributed by atoms with Crippen LogP contribution in [0, 0.1) is 17.3 Å². The lowest BCUT2D eigenvalue weighted by Crippen LogP contribution is -2.58. The van der Waals surface area contributed by atoms with Crippen molar-refractivity contribution in [2.45, 2.75) is 71.9 Å². The highest BCUT2D eigenvalue weighted by molar-refractivity contribution is 5.74. The maximum atomic E-state index is 11.7. The molecule has 3 unspecified atom stereocenters. The summed E-state index contributed by atoms with van der Waals surface area (Å²) in [5, 5.41) is 9.67. The van der Waals surface area contributed by atoms with Crippen molar-refractivity contribution in [3.8, 4) is 0 Å². The Bertz CT molecular complexity index is 330. The minimum absolute atomic E-state index is 0.103. The lowest BCUT2D eigenvalue weighted by atomic mass is 9.73. The molecule has 3 heteroatoms. The number of hydrogen-bond donors (Lipinski definition) is 1. The van der Waals surface area contributed by atoms with Crippen LogP contribution in [0.5, 0.6) is 0 Å². The van der Waals surface area contributed by atoms with Gasteiger partial charge in [-0.1, -0.05) is 27.7 Å². The molecule has 110 valence electrons. The van der Waals surface area contributed by atoms with Gasteiger partial charge in [0, 0.05) is 6.04 Å². The Labute approximate surface area is 117 Å². The first kappa shape index (κ1) is 14.8. The maximum Gasteiger partial charge on any atom is 0.321 e. The predicted octanol–water partition coefficient (Wildman–Crippen LogP) is 3.39. The number of carboxylic acids is 1. The molecular weight excluding hydrogens is 238 g/mol. The molecule has 3 nitrogen and oxygen atoms in total. The molecule has 0 amide bonds. The van der Waals surface area contributed by atoms with Crippen molar-refractivity contribution in [1.29, 1.82) is 0 Å². The summed E-state index contributed by atoms with van der Waals surface area (Å²) in [7, 11) is 0. The zero-order chi connectivity index (χ0) is 14.2. The van der Waals surface area contributed by atoms with E-state index in [1.807, 2.05) is 0 Å². The second kappa shape index (κ2) is 5.43. The molecule has 1 N–H and O–H groups in total. The second-order valence-electron chi connectivity index (χ2n) is 7.64. The van der Waals surface area contributed by atoms with Gasteiger partial charge in [0.2, 0.25) is 0 Å². The molecule has 3 atom stereocenters. The van der Waals surface area contributed by atoms with E-state index in [1.165, 1.54) is 19.3 Å². The van der Waals surface area contributed by atoms with Gasteiger partial charge in [-0.25, -0.2) is 0 Å². The molecule has 0 aromatic rings. The van der Waals surface area contributed by atoms with Crippen LogP contribution >= 0.6 is 0 Å². The predicted molar refractivity (Wildman–Crippen MR) is 77.1 cm³/mol. The SMILES string of the molecule is CC1CC(C)CC(N2CCCC(C)(C)C2C(=O)O)C1. The van der Waals surface area contributed by atoms with Gasteiger partial charge in [-0.15, -0.1) is 0 Å². The summed E-state index contributed by atoms with van der Waals surface area (Å²) < 4.78 is 0. The fraction of sp³-hybridized carbons (Fsp3) is 0.938. The Morgan fingerprint density at radius 2 is 1.74 bits per heavy atom. The van der Waals surface area contributed by atoms with Crippen molar-refractivity contribution < 1.29 is 9.90 Å². The van der Waals surface area contributed by atoms with Gasteiger partial charge in [-0.05, 0) is 55.9 Å². The van der Waals surface area contributed by atoms with E-state index in [-0.39, 0.29) is 11.5 Å². The molecule has 1 aliphatic heterocycles. The van der Waals surface area contributed by atoms with Gasteiger partial charge in [0.15, 0.2) is 0 Å². The quantitative estimate of drug-likeness (QED) is 0.833. The van der Waals surface area contributed by atoms with Crippen molar-refractivity contribution in [2.75, 3.05) is 6.54 Å². The number of carboxylic acid groups (broad SMARTS) is 1. The highest BCUT2D eigenvalue weighted by Gasteiger charge is 2.45. The molecule has 1 aliphatic carbocycles. The monoisotopic (exact) mass is 267 g/mol. The Hall–Kier alpha value is -0.570. The lowest BCUT2D eigenvalue weighted by Gasteiger charge is -2.49. The first-order chi connectivity index (χ1) is 8.81. The molecule has 19 heavy (non-hydrogen) atoms. The van der Waals surface area contributed by atoms with Crippen molar-refractivity contribution in [3.05, 3.63) is 0 Å². The summed E-state index contributed by atoms with van der Waals surface area (Å²) in [6, 6.07) is 0.170. The Kier molecular flexibility index (Phi) is 4.24. The molecule has 2 aliphatic rings. The first-order valence-corrected chi connectivity index (χ1v) is 7.80. The van der Waals surface area contributed by atoms with E-state index in [2.05, 4.69) is 32.6 Å². The average molecular weight is 267 g/mol. The number of aliphatic carboxylic acids is 1. The van der Waals surface area contributed by atoms with Crippen molar-refractivity contribution in [3.63, 3.8) is 0 Å². The Morgan fingerprint density at radius 1 is 1.16 bits per heavy atom. The van der Waals surface area contributed by atoms with E-state index in [1.54, 1.807) is 0 Å². The minimum Gasteiger partial charge on any atom is -0.480 e. The van der Waals surface area contributed by atoms with E-state index >= 15 is 0 Å². The van der Waals surface area contributed by atoms with E-state index < -0.39 is 5.97 Å². The third-order valence-electron chi connectivity index (χ3n) is 5.17. The summed E-state index contributed by atoms with van der Waals surface area (Å²) in [5.41, 5.74) is -0.103. The van der Waals surface area contributed by atoms with Gasteiger partial charge in [-0.3, -0.25) is 9.69 Å². The van der Waals surface area contributed by atoms with Crippen LogP contribution in [-0.4, -0.2) is 34.6 Å². The second-order valence-corrected chi connectivity index (χ2v) is 7.64.